The molecule has 2 rings (SSSR count). The molecule has 0 atom stereocenters. The Morgan fingerprint density at radius 1 is 1.08 bits per heavy atom. The summed E-state index contributed by atoms with van der Waals surface area (Å²) < 4.78 is 22.7. The lowest BCUT2D eigenvalue weighted by Gasteiger charge is -1.99. The standard InChI is InChI=1S/C10H7FO2/c11-9-6-7-12-10(9)13-8-4-2-1-3-5-8/h1-7H. The molecule has 3 heteroatoms. The molecule has 2 aromatic rings. The molecule has 1 heterocycles. The van der Waals surface area contributed by atoms with Gasteiger partial charge in [-0.25, -0.2) is 0 Å². The number of benzene rings is 1. The summed E-state index contributed by atoms with van der Waals surface area (Å²) in [5, 5.41) is 0. The molecule has 0 saturated heterocycles. The monoisotopic (exact) mass is 178 g/mol. The molecule has 0 unspecified atom stereocenters. The average molecular weight is 178 g/mol. The molecule has 1 aromatic heterocycles. The van der Waals surface area contributed by atoms with Crippen molar-refractivity contribution in [2.45, 2.75) is 0 Å². The topological polar surface area (TPSA) is 22.4 Å². The summed E-state index contributed by atoms with van der Waals surface area (Å²) in [5.41, 5.74) is 0. The molecule has 13 heavy (non-hydrogen) atoms. The first-order chi connectivity index (χ1) is 6.36. The molecule has 0 aliphatic rings. The summed E-state index contributed by atoms with van der Waals surface area (Å²) in [7, 11) is 0. The Bertz CT molecular complexity index is 381. The summed E-state index contributed by atoms with van der Waals surface area (Å²) in [6.07, 6.45) is 1.24. The van der Waals surface area contributed by atoms with Crippen LogP contribution in [-0.2, 0) is 0 Å². The minimum atomic E-state index is -0.496. The van der Waals surface area contributed by atoms with Gasteiger partial charge in [-0.15, -0.1) is 0 Å². The zero-order valence-corrected chi connectivity index (χ0v) is 6.74. The largest absolute Gasteiger partial charge is 0.432 e. The molecule has 0 bridgehead atoms. The third-order valence-corrected chi connectivity index (χ3v) is 1.54. The van der Waals surface area contributed by atoms with Crippen LogP contribution in [0, 0.1) is 5.82 Å². The van der Waals surface area contributed by atoms with E-state index >= 15 is 0 Å². The van der Waals surface area contributed by atoms with E-state index in [0.717, 1.165) is 0 Å². The Labute approximate surface area is 74.6 Å². The average Bonchev–Trinajstić information content (AvgIpc) is 2.54. The minimum absolute atomic E-state index is 0.105. The molecular weight excluding hydrogens is 171 g/mol. The van der Waals surface area contributed by atoms with Crippen LogP contribution in [0.25, 0.3) is 0 Å². The smallest absolute Gasteiger partial charge is 0.327 e. The molecule has 0 spiro atoms. The van der Waals surface area contributed by atoms with Gasteiger partial charge in [0.05, 0.1) is 6.26 Å². The maximum absolute atomic E-state index is 12.8. The molecule has 0 N–H and O–H groups in total. The van der Waals surface area contributed by atoms with E-state index < -0.39 is 5.82 Å². The summed E-state index contributed by atoms with van der Waals surface area (Å²) in [6, 6.07) is 10.1. The molecule has 0 amide bonds. The molecule has 0 saturated carbocycles. The molecule has 66 valence electrons. The van der Waals surface area contributed by atoms with Gasteiger partial charge in [0.2, 0.25) is 5.82 Å². The van der Waals surface area contributed by atoms with Crippen molar-refractivity contribution in [3.8, 4) is 11.7 Å². The van der Waals surface area contributed by atoms with E-state index in [2.05, 4.69) is 0 Å². The molecule has 0 aliphatic carbocycles. The SMILES string of the molecule is Fc1ccoc1Oc1ccccc1. The van der Waals surface area contributed by atoms with Gasteiger partial charge in [-0.1, -0.05) is 18.2 Å². The van der Waals surface area contributed by atoms with Gasteiger partial charge in [-0.3, -0.25) is 0 Å². The predicted molar refractivity (Wildman–Crippen MR) is 45.2 cm³/mol. The van der Waals surface area contributed by atoms with Crippen molar-refractivity contribution in [2.24, 2.45) is 0 Å². The second-order valence-electron chi connectivity index (χ2n) is 2.47. The first-order valence-electron chi connectivity index (χ1n) is 3.82. The zero-order chi connectivity index (χ0) is 9.10. The van der Waals surface area contributed by atoms with Crippen molar-refractivity contribution >= 4 is 0 Å². The quantitative estimate of drug-likeness (QED) is 0.704. The van der Waals surface area contributed by atoms with Gasteiger partial charge in [0.1, 0.15) is 5.75 Å². The van der Waals surface area contributed by atoms with Crippen LogP contribution in [0.1, 0.15) is 0 Å². The Morgan fingerprint density at radius 2 is 1.85 bits per heavy atom. The van der Waals surface area contributed by atoms with E-state index in [0.29, 0.717) is 5.75 Å². The number of furan rings is 1. The summed E-state index contributed by atoms with van der Waals surface area (Å²) in [6.45, 7) is 0. The maximum atomic E-state index is 12.8. The zero-order valence-electron chi connectivity index (χ0n) is 6.74. The van der Waals surface area contributed by atoms with Gasteiger partial charge in [-0.2, -0.15) is 4.39 Å². The predicted octanol–water partition coefficient (Wildman–Crippen LogP) is 3.21. The van der Waals surface area contributed by atoms with Crippen molar-refractivity contribution in [1.82, 2.24) is 0 Å². The molecule has 0 radical (unpaired) electrons. The fourth-order valence-electron chi connectivity index (χ4n) is 0.948. The number of hydrogen-bond acceptors (Lipinski definition) is 2. The number of para-hydroxylation sites is 1. The Kier molecular flexibility index (Phi) is 2.00. The van der Waals surface area contributed by atoms with Crippen LogP contribution in [-0.4, -0.2) is 0 Å². The third kappa shape index (κ3) is 1.69. The molecule has 0 fully saturated rings. The van der Waals surface area contributed by atoms with Gasteiger partial charge >= 0.3 is 5.95 Å². The van der Waals surface area contributed by atoms with Gasteiger partial charge in [0.25, 0.3) is 0 Å². The van der Waals surface area contributed by atoms with E-state index in [1.807, 2.05) is 6.07 Å². The highest BCUT2D eigenvalue weighted by Gasteiger charge is 2.06. The van der Waals surface area contributed by atoms with E-state index in [1.54, 1.807) is 24.3 Å². The normalized spacial score (nSPS) is 9.92. The number of ether oxygens (including phenoxy) is 1. The van der Waals surface area contributed by atoms with Gasteiger partial charge in [0, 0.05) is 6.07 Å². The second kappa shape index (κ2) is 3.31. The Morgan fingerprint density at radius 3 is 2.46 bits per heavy atom. The summed E-state index contributed by atoms with van der Waals surface area (Å²) >= 11 is 0. The van der Waals surface area contributed by atoms with Crippen LogP contribution in [0.5, 0.6) is 11.7 Å². The maximum Gasteiger partial charge on any atom is 0.327 e. The van der Waals surface area contributed by atoms with Gasteiger partial charge in [-0.05, 0) is 12.1 Å². The van der Waals surface area contributed by atoms with Crippen molar-refractivity contribution in [2.75, 3.05) is 0 Å². The lowest BCUT2D eigenvalue weighted by Crippen LogP contribution is -1.82. The highest BCUT2D eigenvalue weighted by atomic mass is 19.1. The van der Waals surface area contributed by atoms with E-state index in [1.165, 1.54) is 12.3 Å². The van der Waals surface area contributed by atoms with E-state index in [4.69, 9.17) is 9.15 Å². The number of halogens is 1. The van der Waals surface area contributed by atoms with Crippen LogP contribution in [0.2, 0.25) is 0 Å². The summed E-state index contributed by atoms with van der Waals surface area (Å²) in [5.74, 6) is -0.0496. The highest BCUT2D eigenvalue weighted by molar-refractivity contribution is 5.25. The minimum Gasteiger partial charge on any atom is -0.432 e. The van der Waals surface area contributed by atoms with Crippen molar-refractivity contribution in [3.63, 3.8) is 0 Å². The van der Waals surface area contributed by atoms with Crippen LogP contribution >= 0.6 is 0 Å². The Balaban J connectivity index is 2.20. The summed E-state index contributed by atoms with van der Waals surface area (Å²) in [4.78, 5) is 0. The van der Waals surface area contributed by atoms with Crippen molar-refractivity contribution < 1.29 is 13.5 Å². The van der Waals surface area contributed by atoms with Crippen LogP contribution < -0.4 is 4.74 Å². The van der Waals surface area contributed by atoms with Crippen LogP contribution in [0.3, 0.4) is 0 Å². The van der Waals surface area contributed by atoms with Crippen LogP contribution in [0.15, 0.2) is 47.1 Å². The molecule has 2 nitrogen and oxygen atoms in total. The fourth-order valence-corrected chi connectivity index (χ4v) is 0.948. The lowest BCUT2D eigenvalue weighted by molar-refractivity contribution is 0.324. The van der Waals surface area contributed by atoms with Gasteiger partial charge in [0.15, 0.2) is 0 Å². The molecular formula is C10H7FO2. The van der Waals surface area contributed by atoms with E-state index in [-0.39, 0.29) is 5.95 Å². The molecule has 1 aromatic carbocycles. The first kappa shape index (κ1) is 7.86. The second-order valence-corrected chi connectivity index (χ2v) is 2.47. The Hall–Kier alpha value is -1.77. The van der Waals surface area contributed by atoms with Crippen molar-refractivity contribution in [3.05, 3.63) is 48.5 Å². The fraction of sp³-hybridized carbons (Fsp3) is 0. The number of rotatable bonds is 2. The van der Waals surface area contributed by atoms with Crippen LogP contribution in [0.4, 0.5) is 4.39 Å². The number of hydrogen-bond donors (Lipinski definition) is 0. The lowest BCUT2D eigenvalue weighted by atomic mass is 10.3. The first-order valence-corrected chi connectivity index (χ1v) is 3.82. The highest BCUT2D eigenvalue weighted by Crippen LogP contribution is 2.24. The van der Waals surface area contributed by atoms with Crippen molar-refractivity contribution in [1.29, 1.82) is 0 Å². The third-order valence-electron chi connectivity index (χ3n) is 1.54. The molecule has 0 aliphatic heterocycles. The van der Waals surface area contributed by atoms with E-state index in [9.17, 15) is 4.39 Å². The van der Waals surface area contributed by atoms with Gasteiger partial charge < -0.3 is 9.15 Å².